The van der Waals surface area contributed by atoms with Gasteiger partial charge in [0.2, 0.25) is 0 Å². The molecule has 0 saturated carbocycles. The van der Waals surface area contributed by atoms with Crippen LogP contribution in [0, 0.1) is 0 Å². The first-order valence-electron chi connectivity index (χ1n) is 9.41. The summed E-state index contributed by atoms with van der Waals surface area (Å²) in [5.41, 5.74) is 0.840. The number of amides is 2. The highest BCUT2D eigenvalue weighted by atomic mass is 16.2. The standard InChI is InChI=1S/C19H30N4O2/c1-3-4-10-20-18(24)15-22-11-13-23(14-12-22)16(2)19(25)21-17-8-6-5-7-9-17/h5-9,16H,3-4,10-15H2,1-2H3,(H,20,24)(H,21,25)/p+2/t16-/m1/s1. The summed E-state index contributed by atoms with van der Waals surface area (Å²) in [6.45, 7) is 9.11. The molecule has 4 N–H and O–H groups in total. The van der Waals surface area contributed by atoms with Crippen LogP contribution in [0.4, 0.5) is 5.69 Å². The fourth-order valence-electron chi connectivity index (χ4n) is 3.19. The SMILES string of the molecule is CCCCNC(=O)C[NH+]1CC[NH+]([C@H](C)C(=O)Nc2ccccc2)CC1. The smallest absolute Gasteiger partial charge is 0.282 e. The zero-order valence-corrected chi connectivity index (χ0v) is 15.4. The Labute approximate surface area is 150 Å². The predicted molar refractivity (Wildman–Crippen MR) is 98.7 cm³/mol. The van der Waals surface area contributed by atoms with E-state index in [0.29, 0.717) is 6.54 Å². The van der Waals surface area contributed by atoms with Gasteiger partial charge in [0.15, 0.2) is 12.6 Å². The van der Waals surface area contributed by atoms with E-state index in [1.54, 1.807) is 0 Å². The Morgan fingerprint density at radius 1 is 1.12 bits per heavy atom. The Morgan fingerprint density at radius 3 is 2.44 bits per heavy atom. The molecule has 1 aliphatic heterocycles. The number of carbonyl (C=O) groups is 2. The monoisotopic (exact) mass is 348 g/mol. The molecule has 0 radical (unpaired) electrons. The van der Waals surface area contributed by atoms with Crippen LogP contribution in [-0.4, -0.2) is 57.1 Å². The normalized spacial score (nSPS) is 21.4. The number of unbranched alkanes of at least 4 members (excludes halogenated alkanes) is 1. The van der Waals surface area contributed by atoms with Gasteiger partial charge in [-0.3, -0.25) is 9.59 Å². The molecule has 1 aromatic carbocycles. The van der Waals surface area contributed by atoms with E-state index in [4.69, 9.17) is 0 Å². The molecular weight excluding hydrogens is 316 g/mol. The zero-order chi connectivity index (χ0) is 18.1. The number of anilines is 1. The van der Waals surface area contributed by atoms with Crippen LogP contribution in [0.1, 0.15) is 26.7 Å². The third-order valence-corrected chi connectivity index (χ3v) is 4.91. The molecule has 6 heteroatoms. The van der Waals surface area contributed by atoms with E-state index < -0.39 is 0 Å². The van der Waals surface area contributed by atoms with Crippen molar-refractivity contribution in [1.82, 2.24) is 5.32 Å². The summed E-state index contributed by atoms with van der Waals surface area (Å²) in [5, 5.41) is 5.96. The molecule has 0 aromatic heterocycles. The lowest BCUT2D eigenvalue weighted by Gasteiger charge is -2.32. The second kappa shape index (κ2) is 10.2. The minimum absolute atomic E-state index is 0.0574. The summed E-state index contributed by atoms with van der Waals surface area (Å²) >= 11 is 0. The van der Waals surface area contributed by atoms with Gasteiger partial charge in [-0.1, -0.05) is 31.5 Å². The molecule has 1 saturated heterocycles. The predicted octanol–water partition coefficient (Wildman–Crippen LogP) is -1.29. The van der Waals surface area contributed by atoms with Gasteiger partial charge in [-0.15, -0.1) is 0 Å². The van der Waals surface area contributed by atoms with E-state index in [-0.39, 0.29) is 17.9 Å². The van der Waals surface area contributed by atoms with Crippen molar-refractivity contribution < 1.29 is 19.4 Å². The van der Waals surface area contributed by atoms with Crippen LogP contribution >= 0.6 is 0 Å². The molecule has 1 fully saturated rings. The summed E-state index contributed by atoms with van der Waals surface area (Å²) in [6.07, 6.45) is 2.13. The van der Waals surface area contributed by atoms with Gasteiger partial charge in [0.1, 0.15) is 26.2 Å². The van der Waals surface area contributed by atoms with Crippen molar-refractivity contribution in [3.8, 4) is 0 Å². The second-order valence-electron chi connectivity index (χ2n) is 6.87. The van der Waals surface area contributed by atoms with Crippen molar-refractivity contribution in [2.75, 3.05) is 44.6 Å². The molecule has 1 aliphatic rings. The van der Waals surface area contributed by atoms with E-state index in [1.807, 2.05) is 37.3 Å². The van der Waals surface area contributed by atoms with E-state index in [1.165, 1.54) is 9.80 Å². The highest BCUT2D eigenvalue weighted by Crippen LogP contribution is 2.04. The molecule has 2 rings (SSSR count). The maximum Gasteiger partial charge on any atom is 0.282 e. The number of hydrogen-bond acceptors (Lipinski definition) is 2. The third-order valence-electron chi connectivity index (χ3n) is 4.91. The van der Waals surface area contributed by atoms with E-state index >= 15 is 0 Å². The van der Waals surface area contributed by atoms with E-state index in [2.05, 4.69) is 17.6 Å². The fourth-order valence-corrected chi connectivity index (χ4v) is 3.19. The molecule has 0 spiro atoms. The number of piperazine rings is 1. The van der Waals surface area contributed by atoms with Crippen LogP contribution in [-0.2, 0) is 9.59 Å². The minimum atomic E-state index is -0.0832. The molecule has 1 atom stereocenters. The molecule has 0 unspecified atom stereocenters. The van der Waals surface area contributed by atoms with Gasteiger partial charge in [0, 0.05) is 12.2 Å². The second-order valence-corrected chi connectivity index (χ2v) is 6.87. The van der Waals surface area contributed by atoms with E-state index in [0.717, 1.165) is 51.3 Å². The highest BCUT2D eigenvalue weighted by molar-refractivity contribution is 5.93. The average molecular weight is 348 g/mol. The summed E-state index contributed by atoms with van der Waals surface area (Å²) in [6, 6.07) is 9.49. The summed E-state index contributed by atoms with van der Waals surface area (Å²) in [7, 11) is 0. The number of hydrogen-bond donors (Lipinski definition) is 4. The van der Waals surface area contributed by atoms with Gasteiger partial charge < -0.3 is 20.4 Å². The van der Waals surface area contributed by atoms with Crippen molar-refractivity contribution in [3.05, 3.63) is 30.3 Å². The lowest BCUT2D eigenvalue weighted by Crippen LogP contribution is -3.30. The molecule has 25 heavy (non-hydrogen) atoms. The molecule has 1 heterocycles. The van der Waals surface area contributed by atoms with Crippen LogP contribution in [0.3, 0.4) is 0 Å². The Balaban J connectivity index is 1.71. The maximum absolute atomic E-state index is 12.4. The summed E-state index contributed by atoms with van der Waals surface area (Å²) in [5.74, 6) is 0.198. The largest absolute Gasteiger partial charge is 0.351 e. The lowest BCUT2D eigenvalue weighted by molar-refractivity contribution is -1.01. The highest BCUT2D eigenvalue weighted by Gasteiger charge is 2.31. The van der Waals surface area contributed by atoms with Crippen molar-refractivity contribution in [2.45, 2.75) is 32.7 Å². The molecule has 0 aliphatic carbocycles. The van der Waals surface area contributed by atoms with Crippen molar-refractivity contribution in [3.63, 3.8) is 0 Å². The third kappa shape index (κ3) is 6.48. The van der Waals surface area contributed by atoms with Gasteiger partial charge in [-0.05, 0) is 25.5 Å². The van der Waals surface area contributed by atoms with Gasteiger partial charge in [-0.25, -0.2) is 0 Å². The number of carbonyl (C=O) groups excluding carboxylic acids is 2. The Kier molecular flexibility index (Phi) is 7.88. The number of rotatable bonds is 8. The number of nitrogens with one attached hydrogen (secondary N) is 4. The Hall–Kier alpha value is -1.92. The molecule has 138 valence electrons. The molecular formula is C19H32N4O2+2. The van der Waals surface area contributed by atoms with Crippen LogP contribution in [0.2, 0.25) is 0 Å². The Bertz CT molecular complexity index is 542. The van der Waals surface area contributed by atoms with E-state index in [9.17, 15) is 9.59 Å². The molecule has 0 bridgehead atoms. The summed E-state index contributed by atoms with van der Waals surface area (Å²) < 4.78 is 0. The lowest BCUT2D eigenvalue weighted by atomic mass is 10.2. The first-order chi connectivity index (χ1) is 12.1. The molecule has 6 nitrogen and oxygen atoms in total. The van der Waals surface area contributed by atoms with Gasteiger partial charge >= 0.3 is 0 Å². The van der Waals surface area contributed by atoms with Crippen LogP contribution in [0.25, 0.3) is 0 Å². The van der Waals surface area contributed by atoms with Gasteiger partial charge in [0.05, 0.1) is 0 Å². The van der Waals surface area contributed by atoms with Crippen LogP contribution in [0.15, 0.2) is 30.3 Å². The topological polar surface area (TPSA) is 67.1 Å². The fraction of sp³-hybridized carbons (Fsp3) is 0.579. The van der Waals surface area contributed by atoms with Crippen LogP contribution < -0.4 is 20.4 Å². The van der Waals surface area contributed by atoms with Gasteiger partial charge in [0.25, 0.3) is 11.8 Å². The molecule has 1 aromatic rings. The maximum atomic E-state index is 12.4. The minimum Gasteiger partial charge on any atom is -0.351 e. The summed E-state index contributed by atoms with van der Waals surface area (Å²) in [4.78, 5) is 26.9. The Morgan fingerprint density at radius 2 is 1.80 bits per heavy atom. The number of quaternary nitrogens is 2. The van der Waals surface area contributed by atoms with Gasteiger partial charge in [-0.2, -0.15) is 0 Å². The number of para-hydroxylation sites is 1. The zero-order valence-electron chi connectivity index (χ0n) is 15.4. The average Bonchev–Trinajstić information content (AvgIpc) is 2.63. The van der Waals surface area contributed by atoms with Crippen LogP contribution in [0.5, 0.6) is 0 Å². The van der Waals surface area contributed by atoms with Crippen molar-refractivity contribution >= 4 is 17.5 Å². The van der Waals surface area contributed by atoms with Crippen molar-refractivity contribution in [2.24, 2.45) is 0 Å². The quantitative estimate of drug-likeness (QED) is 0.442. The molecule has 2 amide bonds. The first-order valence-corrected chi connectivity index (χ1v) is 9.41. The number of benzene rings is 1. The first kappa shape index (κ1) is 19.4. The van der Waals surface area contributed by atoms with Crippen molar-refractivity contribution in [1.29, 1.82) is 0 Å².